The van der Waals surface area contributed by atoms with E-state index in [4.69, 9.17) is 16.0 Å². The van der Waals surface area contributed by atoms with Gasteiger partial charge in [-0.05, 0) is 24.1 Å². The first-order valence-electron chi connectivity index (χ1n) is 3.97. The summed E-state index contributed by atoms with van der Waals surface area (Å²) < 4.78 is 4.90. The summed E-state index contributed by atoms with van der Waals surface area (Å²) in [5.74, 6) is 0.151. The van der Waals surface area contributed by atoms with Crippen LogP contribution >= 0.6 is 11.6 Å². The first-order valence-corrected chi connectivity index (χ1v) is 4.51. The van der Waals surface area contributed by atoms with Gasteiger partial charge in [-0.15, -0.1) is 11.6 Å². The Kier molecular flexibility index (Phi) is 2.10. The van der Waals surface area contributed by atoms with Gasteiger partial charge in [0.25, 0.3) is 0 Å². The van der Waals surface area contributed by atoms with E-state index < -0.39 is 5.76 Å². The lowest BCUT2D eigenvalue weighted by molar-refractivity contribution is 0.555. The predicted molar refractivity (Wildman–Crippen MR) is 51.3 cm³/mol. The van der Waals surface area contributed by atoms with E-state index in [0.717, 1.165) is 17.5 Å². The summed E-state index contributed by atoms with van der Waals surface area (Å²) in [4.78, 5) is 13.4. The fraction of sp³-hybridized carbons (Fsp3) is 0.222. The van der Waals surface area contributed by atoms with Crippen molar-refractivity contribution in [2.24, 2.45) is 0 Å². The Morgan fingerprint density at radius 1 is 1.46 bits per heavy atom. The van der Waals surface area contributed by atoms with Crippen molar-refractivity contribution in [1.82, 2.24) is 4.98 Å². The minimum atomic E-state index is -0.418. The third-order valence-electron chi connectivity index (χ3n) is 1.87. The standard InChI is InChI=1S/C9H8ClNO2/c10-4-3-6-1-2-7-8(5-6)13-9(12)11-7/h1-2,5H,3-4H2,(H,11,12). The molecular weight excluding hydrogens is 190 g/mol. The lowest BCUT2D eigenvalue weighted by Gasteiger charge is -1.95. The zero-order valence-corrected chi connectivity index (χ0v) is 7.60. The Morgan fingerprint density at radius 2 is 2.31 bits per heavy atom. The number of aromatic nitrogens is 1. The number of oxazole rings is 1. The Bertz CT molecular complexity index is 472. The maximum Gasteiger partial charge on any atom is 0.417 e. The predicted octanol–water partition coefficient (Wildman–Crippen LogP) is 1.90. The SMILES string of the molecule is O=c1[nH]c2ccc(CCCl)cc2o1. The summed E-state index contributed by atoms with van der Waals surface area (Å²) in [6, 6.07) is 5.58. The number of halogens is 1. The van der Waals surface area contributed by atoms with Crippen molar-refractivity contribution in [1.29, 1.82) is 0 Å². The van der Waals surface area contributed by atoms with Crippen LogP contribution in [0.4, 0.5) is 0 Å². The molecule has 0 amide bonds. The molecule has 0 aliphatic rings. The van der Waals surface area contributed by atoms with Gasteiger partial charge < -0.3 is 4.42 Å². The van der Waals surface area contributed by atoms with Gasteiger partial charge in [0.2, 0.25) is 0 Å². The van der Waals surface area contributed by atoms with Crippen molar-refractivity contribution >= 4 is 22.7 Å². The van der Waals surface area contributed by atoms with Gasteiger partial charge in [-0.2, -0.15) is 0 Å². The number of rotatable bonds is 2. The van der Waals surface area contributed by atoms with Gasteiger partial charge in [0.15, 0.2) is 5.58 Å². The Balaban J connectivity index is 2.54. The number of hydrogen-bond acceptors (Lipinski definition) is 2. The van der Waals surface area contributed by atoms with E-state index in [1.165, 1.54) is 0 Å². The monoisotopic (exact) mass is 197 g/mol. The van der Waals surface area contributed by atoms with Crippen LogP contribution in [0.15, 0.2) is 27.4 Å². The molecule has 0 saturated heterocycles. The summed E-state index contributed by atoms with van der Waals surface area (Å²) in [7, 11) is 0. The van der Waals surface area contributed by atoms with E-state index >= 15 is 0 Å². The van der Waals surface area contributed by atoms with Crippen molar-refractivity contribution in [3.8, 4) is 0 Å². The third kappa shape index (κ3) is 1.60. The van der Waals surface area contributed by atoms with E-state index in [-0.39, 0.29) is 0 Å². The smallest absolute Gasteiger partial charge is 0.408 e. The maximum absolute atomic E-state index is 10.8. The van der Waals surface area contributed by atoms with E-state index in [9.17, 15) is 4.79 Å². The van der Waals surface area contributed by atoms with Crippen molar-refractivity contribution in [3.63, 3.8) is 0 Å². The van der Waals surface area contributed by atoms with Gasteiger partial charge in [0, 0.05) is 5.88 Å². The highest BCUT2D eigenvalue weighted by Gasteiger charge is 2.01. The van der Waals surface area contributed by atoms with Crippen LogP contribution in [0.3, 0.4) is 0 Å². The van der Waals surface area contributed by atoms with Crippen molar-refractivity contribution in [2.45, 2.75) is 6.42 Å². The lowest BCUT2D eigenvalue weighted by atomic mass is 10.1. The van der Waals surface area contributed by atoms with Crippen LogP contribution in [-0.4, -0.2) is 10.9 Å². The fourth-order valence-electron chi connectivity index (χ4n) is 1.25. The highest BCUT2D eigenvalue weighted by Crippen LogP contribution is 2.12. The molecule has 0 spiro atoms. The number of alkyl halides is 1. The molecule has 1 N–H and O–H groups in total. The van der Waals surface area contributed by atoms with E-state index in [1.807, 2.05) is 18.2 Å². The minimum Gasteiger partial charge on any atom is -0.408 e. The third-order valence-corrected chi connectivity index (χ3v) is 2.06. The molecule has 0 aliphatic heterocycles. The molecular formula is C9H8ClNO2. The summed E-state index contributed by atoms with van der Waals surface area (Å²) >= 11 is 5.59. The van der Waals surface area contributed by atoms with Crippen molar-refractivity contribution in [2.75, 3.05) is 5.88 Å². The number of nitrogens with one attached hydrogen (secondary N) is 1. The van der Waals surface area contributed by atoms with Crippen LogP contribution in [0.1, 0.15) is 5.56 Å². The van der Waals surface area contributed by atoms with E-state index in [2.05, 4.69) is 4.98 Å². The topological polar surface area (TPSA) is 46.0 Å². The first-order chi connectivity index (χ1) is 6.29. The number of benzene rings is 1. The molecule has 0 saturated carbocycles. The largest absolute Gasteiger partial charge is 0.417 e. The molecule has 1 heterocycles. The molecule has 13 heavy (non-hydrogen) atoms. The number of aromatic amines is 1. The van der Waals surface area contributed by atoms with Crippen LogP contribution in [0, 0.1) is 0 Å². The summed E-state index contributed by atoms with van der Waals surface area (Å²) in [5, 5.41) is 0. The molecule has 0 aliphatic carbocycles. The van der Waals surface area contributed by atoms with E-state index in [0.29, 0.717) is 11.5 Å². The molecule has 4 heteroatoms. The van der Waals surface area contributed by atoms with Crippen LogP contribution in [-0.2, 0) is 6.42 Å². The van der Waals surface area contributed by atoms with Crippen LogP contribution in [0.25, 0.3) is 11.1 Å². The van der Waals surface area contributed by atoms with Gasteiger partial charge >= 0.3 is 5.76 Å². The average molecular weight is 198 g/mol. The first kappa shape index (κ1) is 8.38. The Morgan fingerprint density at radius 3 is 3.08 bits per heavy atom. The highest BCUT2D eigenvalue weighted by atomic mass is 35.5. The second kappa shape index (κ2) is 3.26. The molecule has 0 unspecified atom stereocenters. The molecule has 2 rings (SSSR count). The second-order valence-corrected chi connectivity index (χ2v) is 3.16. The molecule has 68 valence electrons. The maximum atomic E-state index is 10.8. The Hall–Kier alpha value is -1.22. The molecule has 0 fully saturated rings. The minimum absolute atomic E-state index is 0.418. The van der Waals surface area contributed by atoms with Crippen molar-refractivity contribution in [3.05, 3.63) is 34.3 Å². The molecule has 0 atom stereocenters. The molecule has 2 aromatic rings. The average Bonchev–Trinajstić information content (AvgIpc) is 2.44. The normalized spacial score (nSPS) is 10.8. The quantitative estimate of drug-likeness (QED) is 0.748. The molecule has 1 aromatic carbocycles. The van der Waals surface area contributed by atoms with Crippen LogP contribution in [0.5, 0.6) is 0 Å². The zero-order chi connectivity index (χ0) is 9.26. The molecule has 0 radical (unpaired) electrons. The number of aryl methyl sites for hydroxylation is 1. The molecule has 0 bridgehead atoms. The van der Waals surface area contributed by atoms with Gasteiger partial charge in [0.1, 0.15) is 0 Å². The summed E-state index contributed by atoms with van der Waals surface area (Å²) in [6.07, 6.45) is 0.784. The van der Waals surface area contributed by atoms with Gasteiger partial charge in [-0.25, -0.2) is 4.79 Å². The summed E-state index contributed by atoms with van der Waals surface area (Å²) in [6.45, 7) is 0. The van der Waals surface area contributed by atoms with Crippen molar-refractivity contribution < 1.29 is 4.42 Å². The second-order valence-electron chi connectivity index (χ2n) is 2.78. The highest BCUT2D eigenvalue weighted by molar-refractivity contribution is 6.18. The number of H-pyrrole nitrogens is 1. The Labute approximate surface area is 79.3 Å². The number of fused-ring (bicyclic) bond motifs is 1. The van der Waals surface area contributed by atoms with Gasteiger partial charge in [-0.3, -0.25) is 4.98 Å². The molecule has 1 aromatic heterocycles. The van der Waals surface area contributed by atoms with Gasteiger partial charge in [-0.1, -0.05) is 6.07 Å². The lowest BCUT2D eigenvalue weighted by Crippen LogP contribution is -1.92. The molecule has 3 nitrogen and oxygen atoms in total. The summed E-state index contributed by atoms with van der Waals surface area (Å²) in [5.41, 5.74) is 2.39. The number of hydrogen-bond donors (Lipinski definition) is 1. The fourth-order valence-corrected chi connectivity index (χ4v) is 1.47. The zero-order valence-electron chi connectivity index (χ0n) is 6.84. The van der Waals surface area contributed by atoms with E-state index in [1.54, 1.807) is 0 Å². The van der Waals surface area contributed by atoms with Crippen LogP contribution in [0.2, 0.25) is 0 Å². The van der Waals surface area contributed by atoms with Gasteiger partial charge in [0.05, 0.1) is 5.52 Å². The van der Waals surface area contributed by atoms with Crippen LogP contribution < -0.4 is 5.76 Å².